The minimum atomic E-state index is -0.662. The number of para-hydroxylation sites is 2. The number of rotatable bonds is 5. The molecule has 5 heteroatoms. The van der Waals surface area contributed by atoms with Crippen molar-refractivity contribution in [3.63, 3.8) is 0 Å². The number of piperidine rings is 1. The summed E-state index contributed by atoms with van der Waals surface area (Å²) >= 11 is 1.86. The molecule has 1 atom stereocenters. The summed E-state index contributed by atoms with van der Waals surface area (Å²) in [5, 5.41) is 9.39. The van der Waals surface area contributed by atoms with Crippen LogP contribution in [0, 0.1) is 0 Å². The first-order valence-electron chi connectivity index (χ1n) is 9.40. The second kappa shape index (κ2) is 8.01. The number of aliphatic hydroxyl groups is 1. The van der Waals surface area contributed by atoms with E-state index in [0.29, 0.717) is 0 Å². The first-order valence-corrected chi connectivity index (χ1v) is 10.2. The molecule has 26 heavy (non-hydrogen) atoms. The Balaban J connectivity index is 1.43. The average Bonchev–Trinajstić information content (AvgIpc) is 2.66. The standard InChI is InChI=1S/C21H26N2O2S/c1-16(24)25-17-10-12-22(13-11-17)14-15-23-18-6-2-4-8-20(18)26-21-9-5-3-7-19(21)23/h2-9,16-17,24H,10-15H2,1H3. The third-order valence-electron chi connectivity index (χ3n) is 5.10. The van der Waals surface area contributed by atoms with Crippen LogP contribution in [0.5, 0.6) is 0 Å². The third-order valence-corrected chi connectivity index (χ3v) is 6.23. The second-order valence-corrected chi connectivity index (χ2v) is 8.05. The highest BCUT2D eigenvalue weighted by Crippen LogP contribution is 2.47. The van der Waals surface area contributed by atoms with Crippen LogP contribution in [0.25, 0.3) is 0 Å². The first kappa shape index (κ1) is 17.9. The van der Waals surface area contributed by atoms with E-state index in [9.17, 15) is 5.11 Å². The van der Waals surface area contributed by atoms with Crippen LogP contribution in [0.4, 0.5) is 11.4 Å². The maximum atomic E-state index is 9.39. The molecule has 1 N–H and O–H groups in total. The van der Waals surface area contributed by atoms with Gasteiger partial charge >= 0.3 is 0 Å². The Morgan fingerprint density at radius 2 is 1.58 bits per heavy atom. The number of hydrogen-bond acceptors (Lipinski definition) is 5. The highest BCUT2D eigenvalue weighted by Gasteiger charge is 2.25. The molecular weight excluding hydrogens is 344 g/mol. The minimum Gasteiger partial charge on any atom is -0.368 e. The summed E-state index contributed by atoms with van der Waals surface area (Å²) in [5.41, 5.74) is 2.62. The van der Waals surface area contributed by atoms with Gasteiger partial charge in [0.15, 0.2) is 6.29 Å². The van der Waals surface area contributed by atoms with E-state index in [2.05, 4.69) is 58.3 Å². The third kappa shape index (κ3) is 3.91. The Morgan fingerprint density at radius 3 is 2.15 bits per heavy atom. The van der Waals surface area contributed by atoms with Gasteiger partial charge in [-0.2, -0.15) is 0 Å². The van der Waals surface area contributed by atoms with Gasteiger partial charge in [0.25, 0.3) is 0 Å². The molecule has 1 saturated heterocycles. The molecule has 0 aromatic heterocycles. The smallest absolute Gasteiger partial charge is 0.152 e. The van der Waals surface area contributed by atoms with Crippen LogP contribution < -0.4 is 4.90 Å². The molecule has 2 aliphatic rings. The zero-order chi connectivity index (χ0) is 17.9. The predicted octanol–water partition coefficient (Wildman–Crippen LogP) is 4.11. The summed E-state index contributed by atoms with van der Waals surface area (Å²) in [5.74, 6) is 0. The second-order valence-electron chi connectivity index (χ2n) is 6.97. The van der Waals surface area contributed by atoms with Gasteiger partial charge in [-0.25, -0.2) is 0 Å². The molecule has 2 aromatic carbocycles. The van der Waals surface area contributed by atoms with E-state index in [-0.39, 0.29) is 6.10 Å². The predicted molar refractivity (Wildman–Crippen MR) is 106 cm³/mol. The van der Waals surface area contributed by atoms with E-state index >= 15 is 0 Å². The largest absolute Gasteiger partial charge is 0.368 e. The van der Waals surface area contributed by atoms with Crippen LogP contribution in [0.2, 0.25) is 0 Å². The van der Waals surface area contributed by atoms with Crippen LogP contribution in [-0.4, -0.2) is 48.6 Å². The lowest BCUT2D eigenvalue weighted by Gasteiger charge is -2.36. The fraction of sp³-hybridized carbons (Fsp3) is 0.429. The maximum Gasteiger partial charge on any atom is 0.152 e. The van der Waals surface area contributed by atoms with E-state index in [1.54, 1.807) is 6.92 Å². The number of anilines is 2. The van der Waals surface area contributed by atoms with Crippen molar-refractivity contribution < 1.29 is 9.84 Å². The van der Waals surface area contributed by atoms with E-state index < -0.39 is 6.29 Å². The van der Waals surface area contributed by atoms with E-state index in [0.717, 1.165) is 39.0 Å². The lowest BCUT2D eigenvalue weighted by Crippen LogP contribution is -2.41. The van der Waals surface area contributed by atoms with Crippen molar-refractivity contribution in [3.05, 3.63) is 48.5 Å². The topological polar surface area (TPSA) is 35.9 Å². The first-order chi connectivity index (χ1) is 12.7. The monoisotopic (exact) mass is 370 g/mol. The van der Waals surface area contributed by atoms with Crippen molar-refractivity contribution in [1.29, 1.82) is 0 Å². The van der Waals surface area contributed by atoms with Crippen LogP contribution in [0.3, 0.4) is 0 Å². The van der Waals surface area contributed by atoms with Gasteiger partial charge in [-0.15, -0.1) is 0 Å². The van der Waals surface area contributed by atoms with Crippen LogP contribution in [0.15, 0.2) is 58.3 Å². The van der Waals surface area contributed by atoms with Gasteiger partial charge in [-0.05, 0) is 44.0 Å². The average molecular weight is 371 g/mol. The Kier molecular flexibility index (Phi) is 5.50. The Hall–Kier alpha value is -1.53. The van der Waals surface area contributed by atoms with Crippen molar-refractivity contribution in [2.24, 2.45) is 0 Å². The molecule has 1 unspecified atom stereocenters. The van der Waals surface area contributed by atoms with Crippen molar-refractivity contribution in [3.8, 4) is 0 Å². The molecule has 4 nitrogen and oxygen atoms in total. The van der Waals surface area contributed by atoms with Gasteiger partial charge in [0.05, 0.1) is 17.5 Å². The quantitative estimate of drug-likeness (QED) is 0.802. The van der Waals surface area contributed by atoms with Crippen molar-refractivity contribution in [2.75, 3.05) is 31.1 Å². The van der Waals surface area contributed by atoms with Crippen molar-refractivity contribution >= 4 is 23.1 Å². The van der Waals surface area contributed by atoms with E-state index in [1.807, 2.05) is 11.8 Å². The lowest BCUT2D eigenvalue weighted by atomic mass is 10.1. The van der Waals surface area contributed by atoms with Crippen LogP contribution >= 0.6 is 11.8 Å². The van der Waals surface area contributed by atoms with Crippen molar-refractivity contribution in [2.45, 2.75) is 42.0 Å². The summed E-state index contributed by atoms with van der Waals surface area (Å²) in [6, 6.07) is 17.3. The summed E-state index contributed by atoms with van der Waals surface area (Å²) in [6.07, 6.45) is 1.52. The molecule has 138 valence electrons. The number of nitrogens with zero attached hydrogens (tertiary/aromatic N) is 2. The summed E-state index contributed by atoms with van der Waals surface area (Å²) in [4.78, 5) is 7.62. The van der Waals surface area contributed by atoms with Crippen LogP contribution in [0.1, 0.15) is 19.8 Å². The van der Waals surface area contributed by atoms with E-state index in [4.69, 9.17) is 4.74 Å². The van der Waals surface area contributed by atoms with Crippen molar-refractivity contribution in [1.82, 2.24) is 4.90 Å². The number of aliphatic hydroxyl groups excluding tert-OH is 1. The van der Waals surface area contributed by atoms with Gasteiger partial charge < -0.3 is 19.6 Å². The number of benzene rings is 2. The van der Waals surface area contributed by atoms with Crippen LogP contribution in [-0.2, 0) is 4.74 Å². The molecule has 0 bridgehead atoms. The Labute approximate surface area is 159 Å². The van der Waals surface area contributed by atoms with Gasteiger partial charge in [-0.3, -0.25) is 0 Å². The maximum absolute atomic E-state index is 9.39. The molecule has 2 aromatic rings. The lowest BCUT2D eigenvalue weighted by molar-refractivity contribution is -0.136. The molecule has 0 aliphatic carbocycles. The number of likely N-dealkylation sites (tertiary alicyclic amines) is 1. The highest BCUT2D eigenvalue weighted by atomic mass is 32.2. The number of hydrogen-bond donors (Lipinski definition) is 1. The normalized spacial score (nSPS) is 19.1. The van der Waals surface area contributed by atoms with Gasteiger partial charge in [0.2, 0.25) is 0 Å². The summed E-state index contributed by atoms with van der Waals surface area (Å²) < 4.78 is 5.54. The molecule has 4 rings (SSSR count). The molecule has 2 aliphatic heterocycles. The molecule has 2 heterocycles. The summed E-state index contributed by atoms with van der Waals surface area (Å²) in [7, 11) is 0. The fourth-order valence-corrected chi connectivity index (χ4v) is 4.91. The molecule has 0 amide bonds. The number of fused-ring (bicyclic) bond motifs is 2. The Morgan fingerprint density at radius 1 is 1.00 bits per heavy atom. The van der Waals surface area contributed by atoms with E-state index in [1.165, 1.54) is 21.2 Å². The molecule has 0 spiro atoms. The molecule has 1 fully saturated rings. The number of ether oxygens (including phenoxy) is 1. The molecule has 0 saturated carbocycles. The van der Waals surface area contributed by atoms with Gasteiger partial charge in [0, 0.05) is 36.0 Å². The highest BCUT2D eigenvalue weighted by molar-refractivity contribution is 7.99. The van der Waals surface area contributed by atoms with Gasteiger partial charge in [0.1, 0.15) is 0 Å². The zero-order valence-corrected chi connectivity index (χ0v) is 16.0. The molecular formula is C21H26N2O2S. The molecule has 0 radical (unpaired) electrons. The summed E-state index contributed by atoms with van der Waals surface area (Å²) in [6.45, 7) is 5.77. The SMILES string of the molecule is CC(O)OC1CCN(CCN2c3ccccc3Sc3ccccc32)CC1. The minimum absolute atomic E-state index is 0.194. The zero-order valence-electron chi connectivity index (χ0n) is 15.2. The van der Waals surface area contributed by atoms with Gasteiger partial charge in [-0.1, -0.05) is 36.0 Å². The Bertz CT molecular complexity index is 699. The fourth-order valence-electron chi connectivity index (χ4n) is 3.81.